The molecule has 0 saturated heterocycles. The molecular formula is C9H12N4S. The molecule has 0 bridgehead atoms. The maximum Gasteiger partial charge on any atom is 0.148 e. The molecular weight excluding hydrogens is 196 g/mol. The van der Waals surface area contributed by atoms with E-state index in [0.29, 0.717) is 6.04 Å². The van der Waals surface area contributed by atoms with Crippen molar-refractivity contribution in [1.82, 2.24) is 15.2 Å². The lowest BCUT2D eigenvalue weighted by Crippen LogP contribution is -2.09. The van der Waals surface area contributed by atoms with Crippen molar-refractivity contribution in [3.63, 3.8) is 0 Å². The second kappa shape index (κ2) is 3.79. The van der Waals surface area contributed by atoms with Crippen molar-refractivity contribution in [2.75, 3.05) is 5.32 Å². The summed E-state index contributed by atoms with van der Waals surface area (Å²) < 4.78 is 0. The van der Waals surface area contributed by atoms with Crippen molar-refractivity contribution >= 4 is 17.2 Å². The van der Waals surface area contributed by atoms with Crippen LogP contribution < -0.4 is 5.32 Å². The summed E-state index contributed by atoms with van der Waals surface area (Å²) in [5.74, 6) is 0.866. The van der Waals surface area contributed by atoms with Gasteiger partial charge in [0, 0.05) is 23.7 Å². The van der Waals surface area contributed by atoms with Crippen molar-refractivity contribution in [3.05, 3.63) is 17.6 Å². The van der Waals surface area contributed by atoms with Crippen LogP contribution in [0.4, 0.5) is 5.82 Å². The molecule has 0 spiro atoms. The van der Waals surface area contributed by atoms with Gasteiger partial charge in [-0.25, -0.2) is 4.98 Å². The van der Waals surface area contributed by atoms with E-state index >= 15 is 0 Å². The molecule has 0 saturated carbocycles. The summed E-state index contributed by atoms with van der Waals surface area (Å²) in [7, 11) is 0. The van der Waals surface area contributed by atoms with Gasteiger partial charge in [-0.1, -0.05) is 0 Å². The molecule has 5 heteroatoms. The lowest BCUT2D eigenvalue weighted by atomic mass is 10.4. The first-order valence-corrected chi connectivity index (χ1v) is 5.35. The molecule has 2 aromatic heterocycles. The standard InChI is InChI=1S/C9H12N4S/c1-6(2)11-8-5-7(12-13-8)9-10-3-4-14-9/h3-6H,1-2H3,(H2,11,12,13). The number of thiazole rings is 1. The van der Waals surface area contributed by atoms with Crippen LogP contribution in [0.25, 0.3) is 10.7 Å². The van der Waals surface area contributed by atoms with Gasteiger partial charge in [-0.3, -0.25) is 5.10 Å². The zero-order chi connectivity index (χ0) is 9.97. The van der Waals surface area contributed by atoms with Gasteiger partial charge in [0.05, 0.1) is 5.69 Å². The second-order valence-electron chi connectivity index (χ2n) is 3.30. The first-order chi connectivity index (χ1) is 6.75. The molecule has 4 nitrogen and oxygen atoms in total. The Bertz CT molecular complexity index is 391. The Morgan fingerprint density at radius 2 is 2.36 bits per heavy atom. The van der Waals surface area contributed by atoms with Gasteiger partial charge >= 0.3 is 0 Å². The number of nitrogens with zero attached hydrogens (tertiary/aromatic N) is 2. The lowest BCUT2D eigenvalue weighted by Gasteiger charge is -2.03. The smallest absolute Gasteiger partial charge is 0.148 e. The van der Waals surface area contributed by atoms with Crippen LogP contribution in [0.2, 0.25) is 0 Å². The van der Waals surface area contributed by atoms with Gasteiger partial charge in [-0.2, -0.15) is 5.10 Å². The summed E-state index contributed by atoms with van der Waals surface area (Å²) in [6, 6.07) is 2.36. The fourth-order valence-electron chi connectivity index (χ4n) is 1.16. The van der Waals surface area contributed by atoms with Crippen molar-refractivity contribution in [2.45, 2.75) is 19.9 Å². The van der Waals surface area contributed by atoms with Crippen LogP contribution in [0, 0.1) is 0 Å². The minimum Gasteiger partial charge on any atom is -0.366 e. The van der Waals surface area contributed by atoms with E-state index in [2.05, 4.69) is 34.3 Å². The van der Waals surface area contributed by atoms with E-state index in [1.54, 1.807) is 17.5 Å². The van der Waals surface area contributed by atoms with Crippen molar-refractivity contribution < 1.29 is 0 Å². The highest BCUT2D eigenvalue weighted by atomic mass is 32.1. The molecule has 2 aromatic rings. The zero-order valence-corrected chi connectivity index (χ0v) is 8.93. The number of anilines is 1. The van der Waals surface area contributed by atoms with Crippen LogP contribution in [0.1, 0.15) is 13.8 Å². The molecule has 0 amide bonds. The average molecular weight is 208 g/mol. The SMILES string of the molecule is CC(C)Nc1cc(-c2nccs2)[nH]n1. The summed E-state index contributed by atoms with van der Waals surface area (Å²) in [6.45, 7) is 4.16. The fraction of sp³-hybridized carbons (Fsp3) is 0.333. The minimum absolute atomic E-state index is 0.391. The molecule has 0 aromatic carbocycles. The Hall–Kier alpha value is -1.36. The third-order valence-corrected chi connectivity index (χ3v) is 2.48. The first kappa shape index (κ1) is 9.21. The fourth-order valence-corrected chi connectivity index (χ4v) is 1.76. The molecule has 2 N–H and O–H groups in total. The summed E-state index contributed by atoms with van der Waals surface area (Å²) >= 11 is 1.60. The van der Waals surface area contributed by atoms with Gasteiger partial charge < -0.3 is 5.32 Å². The normalized spacial score (nSPS) is 10.8. The van der Waals surface area contributed by atoms with E-state index in [1.807, 2.05) is 11.4 Å². The molecule has 0 aliphatic heterocycles. The number of hydrogen-bond donors (Lipinski definition) is 2. The Morgan fingerprint density at radius 1 is 1.50 bits per heavy atom. The van der Waals surface area contributed by atoms with Crippen LogP contribution in [0.15, 0.2) is 17.6 Å². The number of nitrogens with one attached hydrogen (secondary N) is 2. The number of aromatic amines is 1. The Labute approximate surface area is 86.4 Å². The highest BCUT2D eigenvalue weighted by Gasteiger charge is 2.05. The lowest BCUT2D eigenvalue weighted by molar-refractivity contribution is 0.884. The molecule has 0 aliphatic carbocycles. The van der Waals surface area contributed by atoms with Gasteiger partial charge in [-0.15, -0.1) is 11.3 Å². The van der Waals surface area contributed by atoms with Gasteiger partial charge in [0.2, 0.25) is 0 Å². The van der Waals surface area contributed by atoms with E-state index in [9.17, 15) is 0 Å². The van der Waals surface area contributed by atoms with E-state index in [-0.39, 0.29) is 0 Å². The zero-order valence-electron chi connectivity index (χ0n) is 8.11. The molecule has 14 heavy (non-hydrogen) atoms. The first-order valence-electron chi connectivity index (χ1n) is 4.47. The van der Waals surface area contributed by atoms with Crippen LogP contribution in [0.3, 0.4) is 0 Å². The molecule has 2 rings (SSSR count). The quantitative estimate of drug-likeness (QED) is 0.814. The highest BCUT2D eigenvalue weighted by molar-refractivity contribution is 7.13. The van der Waals surface area contributed by atoms with Crippen molar-refractivity contribution in [1.29, 1.82) is 0 Å². The van der Waals surface area contributed by atoms with Crippen molar-refractivity contribution in [3.8, 4) is 10.7 Å². The van der Waals surface area contributed by atoms with Gasteiger partial charge in [-0.05, 0) is 13.8 Å². The topological polar surface area (TPSA) is 53.6 Å². The Morgan fingerprint density at radius 3 is 3.00 bits per heavy atom. The van der Waals surface area contributed by atoms with Gasteiger partial charge in [0.1, 0.15) is 10.8 Å². The third-order valence-electron chi connectivity index (χ3n) is 1.68. The van der Waals surface area contributed by atoms with Crippen LogP contribution in [-0.2, 0) is 0 Å². The van der Waals surface area contributed by atoms with E-state index in [4.69, 9.17) is 0 Å². The third kappa shape index (κ3) is 1.93. The highest BCUT2D eigenvalue weighted by Crippen LogP contribution is 2.21. The number of H-pyrrole nitrogens is 1. The molecule has 2 heterocycles. The summed E-state index contributed by atoms with van der Waals surface area (Å²) in [5, 5.41) is 13.2. The van der Waals surface area contributed by atoms with E-state index in [0.717, 1.165) is 16.5 Å². The minimum atomic E-state index is 0.391. The maximum absolute atomic E-state index is 4.20. The number of hydrogen-bond acceptors (Lipinski definition) is 4. The van der Waals surface area contributed by atoms with Crippen LogP contribution in [-0.4, -0.2) is 21.2 Å². The Balaban J connectivity index is 2.18. The number of rotatable bonds is 3. The van der Waals surface area contributed by atoms with Gasteiger partial charge in [0.25, 0.3) is 0 Å². The molecule has 0 radical (unpaired) electrons. The Kier molecular flexibility index (Phi) is 2.49. The maximum atomic E-state index is 4.20. The summed E-state index contributed by atoms with van der Waals surface area (Å²) in [6.07, 6.45) is 1.79. The molecule has 0 fully saturated rings. The largest absolute Gasteiger partial charge is 0.366 e. The van der Waals surface area contributed by atoms with Crippen LogP contribution in [0.5, 0.6) is 0 Å². The molecule has 0 unspecified atom stereocenters. The molecule has 0 atom stereocenters. The van der Waals surface area contributed by atoms with E-state index < -0.39 is 0 Å². The summed E-state index contributed by atoms with van der Waals surface area (Å²) in [5.41, 5.74) is 0.961. The monoisotopic (exact) mass is 208 g/mol. The van der Waals surface area contributed by atoms with Gasteiger partial charge in [0.15, 0.2) is 0 Å². The summed E-state index contributed by atoms with van der Waals surface area (Å²) in [4.78, 5) is 4.20. The van der Waals surface area contributed by atoms with Crippen LogP contribution >= 0.6 is 11.3 Å². The predicted octanol–water partition coefficient (Wildman–Crippen LogP) is 2.35. The van der Waals surface area contributed by atoms with E-state index in [1.165, 1.54) is 0 Å². The predicted molar refractivity (Wildman–Crippen MR) is 58.5 cm³/mol. The average Bonchev–Trinajstić information content (AvgIpc) is 2.69. The second-order valence-corrected chi connectivity index (χ2v) is 4.20. The number of aromatic nitrogens is 3. The molecule has 74 valence electrons. The van der Waals surface area contributed by atoms with Crippen molar-refractivity contribution in [2.24, 2.45) is 0 Å². The molecule has 0 aliphatic rings.